The van der Waals surface area contributed by atoms with E-state index in [-0.39, 0.29) is 11.5 Å². The zero-order chi connectivity index (χ0) is 19.4. The van der Waals surface area contributed by atoms with Crippen LogP contribution in [0.5, 0.6) is 0 Å². The van der Waals surface area contributed by atoms with Gasteiger partial charge in [0.25, 0.3) is 5.91 Å². The van der Waals surface area contributed by atoms with Gasteiger partial charge in [0.2, 0.25) is 0 Å². The van der Waals surface area contributed by atoms with E-state index >= 15 is 0 Å². The van der Waals surface area contributed by atoms with Crippen molar-refractivity contribution >= 4 is 28.9 Å². The molecule has 0 saturated carbocycles. The number of rotatable bonds is 5. The molecule has 5 nitrogen and oxygen atoms in total. The third-order valence-corrected chi connectivity index (χ3v) is 4.46. The highest BCUT2D eigenvalue weighted by atomic mass is 32.1. The van der Waals surface area contributed by atoms with Crippen molar-refractivity contribution in [1.29, 1.82) is 0 Å². The fourth-order valence-electron chi connectivity index (χ4n) is 2.14. The fourth-order valence-corrected chi connectivity index (χ4v) is 2.94. The first-order valence-electron chi connectivity index (χ1n) is 7.91. The van der Waals surface area contributed by atoms with Crippen molar-refractivity contribution in [1.82, 2.24) is 4.98 Å². The number of nitrogens with zero attached hydrogens (tertiary/aromatic N) is 1. The van der Waals surface area contributed by atoms with Gasteiger partial charge in [0.05, 0.1) is 0 Å². The van der Waals surface area contributed by atoms with Crippen LogP contribution >= 0.6 is 11.3 Å². The van der Waals surface area contributed by atoms with Crippen LogP contribution in [-0.4, -0.2) is 23.0 Å². The summed E-state index contributed by atoms with van der Waals surface area (Å²) in [6.07, 6.45) is -1.07. The minimum Gasteiger partial charge on any atom is -0.448 e. The van der Waals surface area contributed by atoms with Crippen LogP contribution in [0.1, 0.15) is 17.4 Å². The van der Waals surface area contributed by atoms with Crippen LogP contribution in [0.3, 0.4) is 0 Å². The molecule has 0 aliphatic rings. The highest BCUT2D eigenvalue weighted by molar-refractivity contribution is 7.13. The molecule has 0 saturated heterocycles. The van der Waals surface area contributed by atoms with Gasteiger partial charge < -0.3 is 10.1 Å². The topological polar surface area (TPSA) is 68.3 Å². The lowest BCUT2D eigenvalue weighted by atomic mass is 10.2. The Hall–Kier alpha value is -3.13. The second-order valence-corrected chi connectivity index (χ2v) is 6.45. The van der Waals surface area contributed by atoms with Crippen molar-refractivity contribution in [3.8, 4) is 10.6 Å². The number of benzene rings is 2. The van der Waals surface area contributed by atoms with Gasteiger partial charge in [-0.3, -0.25) is 4.79 Å². The van der Waals surface area contributed by atoms with E-state index in [0.29, 0.717) is 16.3 Å². The average Bonchev–Trinajstić information content (AvgIpc) is 3.14. The van der Waals surface area contributed by atoms with Crippen molar-refractivity contribution in [2.45, 2.75) is 13.0 Å². The molecular weight excluding hydrogens is 374 g/mol. The standard InChI is InChI=1S/C19H14F2N2O3S/c1-11(17(24)22-15-8-6-14(21)7-9-15)26-19(25)16-10-27-18(23-16)12-2-4-13(20)5-3-12/h2-11H,1H3,(H,22,24)/t11-/m1/s1. The third kappa shape index (κ3) is 4.73. The zero-order valence-corrected chi connectivity index (χ0v) is 14.9. The Morgan fingerprint density at radius 1 is 1.04 bits per heavy atom. The number of carbonyl (C=O) groups is 2. The van der Waals surface area contributed by atoms with E-state index in [1.54, 1.807) is 12.1 Å². The van der Waals surface area contributed by atoms with Crippen LogP contribution in [0.15, 0.2) is 53.9 Å². The molecule has 3 rings (SSSR count). The summed E-state index contributed by atoms with van der Waals surface area (Å²) in [6, 6.07) is 10.9. The van der Waals surface area contributed by atoms with E-state index in [9.17, 15) is 18.4 Å². The predicted octanol–water partition coefficient (Wildman–Crippen LogP) is 4.27. The van der Waals surface area contributed by atoms with Gasteiger partial charge in [0, 0.05) is 16.6 Å². The number of ether oxygens (including phenoxy) is 1. The number of nitrogens with one attached hydrogen (secondary N) is 1. The zero-order valence-electron chi connectivity index (χ0n) is 14.1. The van der Waals surface area contributed by atoms with Crippen molar-refractivity contribution in [2.24, 2.45) is 0 Å². The maximum absolute atomic E-state index is 13.0. The molecular formula is C19H14F2N2O3S. The number of thiazole rings is 1. The number of anilines is 1. The molecule has 0 bridgehead atoms. The van der Waals surface area contributed by atoms with E-state index in [0.717, 1.165) is 0 Å². The SMILES string of the molecule is C[C@@H](OC(=O)c1csc(-c2ccc(F)cc2)n1)C(=O)Nc1ccc(F)cc1. The minimum atomic E-state index is -1.07. The van der Waals surface area contributed by atoms with Crippen LogP contribution < -0.4 is 5.32 Å². The maximum atomic E-state index is 13.0. The molecule has 2 aromatic carbocycles. The number of hydrogen-bond donors (Lipinski definition) is 1. The number of halogens is 2. The second-order valence-electron chi connectivity index (χ2n) is 5.59. The van der Waals surface area contributed by atoms with Gasteiger partial charge in [0.1, 0.15) is 16.6 Å². The molecule has 0 aliphatic heterocycles. The summed E-state index contributed by atoms with van der Waals surface area (Å²) in [5, 5.41) is 4.56. The molecule has 1 aromatic heterocycles. The molecule has 0 fully saturated rings. The number of amides is 1. The van der Waals surface area contributed by atoms with Gasteiger partial charge in [-0.25, -0.2) is 18.6 Å². The van der Waals surface area contributed by atoms with Gasteiger partial charge >= 0.3 is 5.97 Å². The summed E-state index contributed by atoms with van der Waals surface area (Å²) in [6.45, 7) is 1.42. The monoisotopic (exact) mass is 388 g/mol. The van der Waals surface area contributed by atoms with Gasteiger partial charge in [-0.1, -0.05) is 0 Å². The molecule has 1 N–H and O–H groups in total. The smallest absolute Gasteiger partial charge is 0.358 e. The molecule has 0 spiro atoms. The van der Waals surface area contributed by atoms with Gasteiger partial charge in [-0.05, 0) is 55.5 Å². The van der Waals surface area contributed by atoms with Crippen LogP contribution in [-0.2, 0) is 9.53 Å². The van der Waals surface area contributed by atoms with Crippen molar-refractivity contribution in [3.63, 3.8) is 0 Å². The fraction of sp³-hybridized carbons (Fsp3) is 0.105. The maximum Gasteiger partial charge on any atom is 0.358 e. The summed E-state index contributed by atoms with van der Waals surface area (Å²) < 4.78 is 31.0. The first-order chi connectivity index (χ1) is 12.9. The molecule has 138 valence electrons. The van der Waals surface area contributed by atoms with Crippen molar-refractivity contribution in [3.05, 3.63) is 71.2 Å². The normalized spacial score (nSPS) is 11.7. The Morgan fingerprint density at radius 3 is 2.26 bits per heavy atom. The quantitative estimate of drug-likeness (QED) is 0.663. The Bertz CT molecular complexity index is 956. The summed E-state index contributed by atoms with van der Waals surface area (Å²) in [5.74, 6) is -2.09. The highest BCUT2D eigenvalue weighted by Crippen LogP contribution is 2.24. The van der Waals surface area contributed by atoms with Crippen LogP contribution in [0, 0.1) is 11.6 Å². The second kappa shape index (κ2) is 8.05. The molecule has 0 aliphatic carbocycles. The van der Waals surface area contributed by atoms with Crippen LogP contribution in [0.4, 0.5) is 14.5 Å². The van der Waals surface area contributed by atoms with E-state index in [2.05, 4.69) is 10.3 Å². The van der Waals surface area contributed by atoms with E-state index in [1.807, 2.05) is 0 Å². The summed E-state index contributed by atoms with van der Waals surface area (Å²) >= 11 is 1.21. The third-order valence-electron chi connectivity index (χ3n) is 3.57. The van der Waals surface area contributed by atoms with E-state index in [1.165, 1.54) is 60.0 Å². The molecule has 1 heterocycles. The molecule has 1 atom stereocenters. The summed E-state index contributed by atoms with van der Waals surface area (Å²) in [4.78, 5) is 28.4. The van der Waals surface area contributed by atoms with Gasteiger partial charge in [-0.15, -0.1) is 11.3 Å². The predicted molar refractivity (Wildman–Crippen MR) is 97.4 cm³/mol. The van der Waals surface area contributed by atoms with Crippen molar-refractivity contribution in [2.75, 3.05) is 5.32 Å². The lowest BCUT2D eigenvalue weighted by Gasteiger charge is -2.12. The van der Waals surface area contributed by atoms with E-state index < -0.39 is 23.8 Å². The Kier molecular flexibility index (Phi) is 5.56. The van der Waals surface area contributed by atoms with Crippen LogP contribution in [0.25, 0.3) is 10.6 Å². The number of hydrogen-bond acceptors (Lipinski definition) is 5. The first-order valence-corrected chi connectivity index (χ1v) is 8.79. The lowest BCUT2D eigenvalue weighted by molar-refractivity contribution is -0.123. The molecule has 1 amide bonds. The summed E-state index contributed by atoms with van der Waals surface area (Å²) in [7, 11) is 0. The number of carbonyl (C=O) groups excluding carboxylic acids is 2. The van der Waals surface area contributed by atoms with Gasteiger partial charge in [-0.2, -0.15) is 0 Å². The molecule has 8 heteroatoms. The molecule has 3 aromatic rings. The van der Waals surface area contributed by atoms with Crippen LogP contribution in [0.2, 0.25) is 0 Å². The Labute approximate surface area is 157 Å². The largest absolute Gasteiger partial charge is 0.448 e. The number of aromatic nitrogens is 1. The van der Waals surface area contributed by atoms with Gasteiger partial charge in [0.15, 0.2) is 11.8 Å². The highest BCUT2D eigenvalue weighted by Gasteiger charge is 2.21. The molecule has 0 radical (unpaired) electrons. The summed E-state index contributed by atoms with van der Waals surface area (Å²) in [5.41, 5.74) is 1.11. The first kappa shape index (κ1) is 18.7. The molecule has 27 heavy (non-hydrogen) atoms. The minimum absolute atomic E-state index is 0.0563. The van der Waals surface area contributed by atoms with E-state index in [4.69, 9.17) is 4.74 Å². The van der Waals surface area contributed by atoms with Crippen molar-refractivity contribution < 1.29 is 23.1 Å². The average molecular weight is 388 g/mol. The number of esters is 1. The Balaban J connectivity index is 1.61. The lowest BCUT2D eigenvalue weighted by Crippen LogP contribution is -2.30. The Morgan fingerprint density at radius 2 is 1.63 bits per heavy atom. The molecule has 0 unspecified atom stereocenters.